The lowest BCUT2D eigenvalue weighted by Crippen LogP contribution is -2.29. The summed E-state index contributed by atoms with van der Waals surface area (Å²) < 4.78 is 14.1. The summed E-state index contributed by atoms with van der Waals surface area (Å²) in [6, 6.07) is 13.1. The molecule has 1 amide bonds. The van der Waals surface area contributed by atoms with Crippen LogP contribution in [0.25, 0.3) is 11.4 Å². The first kappa shape index (κ1) is 33.5. The molecule has 246 valence electrons. The molecule has 2 aromatic carbocycles. The molecule has 5 aromatic rings. The third-order valence-corrected chi connectivity index (χ3v) is 10.4. The minimum absolute atomic E-state index is 0.135. The van der Waals surface area contributed by atoms with Gasteiger partial charge < -0.3 is 19.0 Å². The molecule has 1 saturated heterocycles. The Hall–Kier alpha value is -4.36. The van der Waals surface area contributed by atoms with Crippen molar-refractivity contribution in [1.82, 2.24) is 19.6 Å². The van der Waals surface area contributed by atoms with Crippen molar-refractivity contribution in [3.8, 4) is 11.5 Å². The third kappa shape index (κ3) is 6.28. The summed E-state index contributed by atoms with van der Waals surface area (Å²) in [4.78, 5) is 33.7. The zero-order valence-electron chi connectivity index (χ0n) is 26.1. The van der Waals surface area contributed by atoms with Crippen molar-refractivity contribution in [3.63, 3.8) is 0 Å². The monoisotopic (exact) mass is 721 g/mol. The second kappa shape index (κ2) is 14.0. The van der Waals surface area contributed by atoms with Crippen LogP contribution in [0.3, 0.4) is 0 Å². The second-order valence-electron chi connectivity index (χ2n) is 10.7. The minimum Gasteiger partial charge on any atom is -0.505 e. The number of aliphatic hydroxyl groups excluding tert-OH is 1. The summed E-state index contributed by atoms with van der Waals surface area (Å²) in [6.45, 7) is 9.82. The number of ketones is 1. The third-order valence-electron chi connectivity index (χ3n) is 7.66. The Labute approximate surface area is 294 Å². The number of halogens is 2. The van der Waals surface area contributed by atoms with Gasteiger partial charge >= 0.3 is 5.91 Å². The molecule has 14 heteroatoms. The molecule has 0 saturated carbocycles. The van der Waals surface area contributed by atoms with E-state index in [-0.39, 0.29) is 23.0 Å². The Morgan fingerprint density at radius 1 is 1.10 bits per heavy atom. The number of carbonyl (C=O) groups is 2. The molecule has 0 bridgehead atoms. The molecule has 10 nitrogen and oxygen atoms in total. The number of thioether (sulfide) groups is 1. The van der Waals surface area contributed by atoms with E-state index in [2.05, 4.69) is 21.8 Å². The number of fused-ring (bicyclic) bond motifs is 1. The maximum atomic E-state index is 13.9. The maximum Gasteiger partial charge on any atom is 0.301 e. The highest BCUT2D eigenvalue weighted by Crippen LogP contribution is 2.46. The van der Waals surface area contributed by atoms with Gasteiger partial charge in [0.2, 0.25) is 5.13 Å². The number of aliphatic hydroxyl groups is 1. The standard InChI is InChI=1S/C34H29Cl2N5O5S2/c1-5-14-46-24-12-10-20(15-25(24)45-6-2)28-26(29(42)27-19(4)40-13-7-8-18(3)31(40)37-27)30(43)32(44)41(28)33-38-39-34(48-33)47-17-21-9-11-22(35)16-23(21)36/h5,7-13,15-16,28,42H,1,6,14,17H2,2-4H3/b29-26+. The number of benzene rings is 2. The summed E-state index contributed by atoms with van der Waals surface area (Å²) in [7, 11) is 0. The Balaban J connectivity index is 1.46. The molecule has 6 rings (SSSR count). The van der Waals surface area contributed by atoms with E-state index < -0.39 is 23.5 Å². The Morgan fingerprint density at radius 3 is 2.65 bits per heavy atom. The fraction of sp³-hybridized carbons (Fsp3) is 0.206. The van der Waals surface area contributed by atoms with E-state index in [1.807, 2.05) is 42.6 Å². The summed E-state index contributed by atoms with van der Waals surface area (Å²) in [5.74, 6) is -0.813. The van der Waals surface area contributed by atoms with Crippen molar-refractivity contribution < 1.29 is 24.2 Å². The molecule has 1 aliphatic rings. The first-order valence-electron chi connectivity index (χ1n) is 14.8. The van der Waals surface area contributed by atoms with Gasteiger partial charge in [-0.15, -0.1) is 10.2 Å². The van der Waals surface area contributed by atoms with Crippen LogP contribution >= 0.6 is 46.3 Å². The van der Waals surface area contributed by atoms with E-state index in [1.54, 1.807) is 43.3 Å². The van der Waals surface area contributed by atoms with E-state index in [1.165, 1.54) is 16.7 Å². The summed E-state index contributed by atoms with van der Waals surface area (Å²) in [6.07, 6.45) is 3.44. The van der Waals surface area contributed by atoms with Gasteiger partial charge in [0.05, 0.1) is 23.9 Å². The number of amides is 1. The highest BCUT2D eigenvalue weighted by atomic mass is 35.5. The average molecular weight is 723 g/mol. The lowest BCUT2D eigenvalue weighted by Gasteiger charge is -2.23. The molecule has 1 fully saturated rings. The predicted molar refractivity (Wildman–Crippen MR) is 189 cm³/mol. The van der Waals surface area contributed by atoms with Crippen molar-refractivity contribution in [2.75, 3.05) is 18.1 Å². The van der Waals surface area contributed by atoms with Gasteiger partial charge in [0.15, 0.2) is 21.6 Å². The molecule has 1 N–H and O–H groups in total. The number of nitrogens with zero attached hydrogens (tertiary/aromatic N) is 5. The molecular formula is C34H29Cl2N5O5S2. The summed E-state index contributed by atoms with van der Waals surface area (Å²) in [5.41, 5.74) is 3.50. The van der Waals surface area contributed by atoms with Crippen LogP contribution in [0.1, 0.15) is 41.0 Å². The van der Waals surface area contributed by atoms with E-state index >= 15 is 0 Å². The number of aryl methyl sites for hydroxylation is 2. The number of pyridine rings is 1. The van der Waals surface area contributed by atoms with Crippen LogP contribution in [0.4, 0.5) is 5.13 Å². The van der Waals surface area contributed by atoms with Gasteiger partial charge in [-0.2, -0.15) is 0 Å². The van der Waals surface area contributed by atoms with Crippen LogP contribution in [0.15, 0.2) is 77.3 Å². The summed E-state index contributed by atoms with van der Waals surface area (Å²) in [5, 5.41) is 21.7. The van der Waals surface area contributed by atoms with Crippen LogP contribution in [0, 0.1) is 13.8 Å². The van der Waals surface area contributed by atoms with Crippen molar-refractivity contribution in [2.24, 2.45) is 0 Å². The van der Waals surface area contributed by atoms with E-state index in [9.17, 15) is 14.7 Å². The van der Waals surface area contributed by atoms with Crippen molar-refractivity contribution in [1.29, 1.82) is 0 Å². The highest BCUT2D eigenvalue weighted by Gasteiger charge is 2.49. The van der Waals surface area contributed by atoms with Gasteiger partial charge in [-0.05, 0) is 67.8 Å². The molecule has 0 radical (unpaired) electrons. The first-order chi connectivity index (χ1) is 23.1. The Kier molecular flexibility index (Phi) is 9.79. The number of ether oxygens (including phenoxy) is 2. The van der Waals surface area contributed by atoms with Gasteiger partial charge in [0.25, 0.3) is 5.78 Å². The largest absolute Gasteiger partial charge is 0.505 e. The molecule has 1 unspecified atom stereocenters. The lowest BCUT2D eigenvalue weighted by molar-refractivity contribution is -0.132. The molecule has 1 aliphatic heterocycles. The number of carbonyl (C=O) groups excluding carboxylic acids is 2. The molecule has 3 aromatic heterocycles. The lowest BCUT2D eigenvalue weighted by atomic mass is 9.96. The Bertz CT molecular complexity index is 2110. The van der Waals surface area contributed by atoms with Gasteiger partial charge in [-0.25, -0.2) is 4.98 Å². The quantitative estimate of drug-likeness (QED) is 0.0361. The molecular weight excluding hydrogens is 693 g/mol. The fourth-order valence-electron chi connectivity index (χ4n) is 5.39. The van der Waals surface area contributed by atoms with E-state index in [0.717, 1.165) is 22.5 Å². The minimum atomic E-state index is -1.08. The van der Waals surface area contributed by atoms with Crippen LogP contribution in [0.5, 0.6) is 11.5 Å². The summed E-state index contributed by atoms with van der Waals surface area (Å²) >= 11 is 14.9. The number of aromatic nitrogens is 4. The SMILES string of the molecule is C=CCOc1ccc(C2/C(=C(\O)c3nc4c(C)cccn4c3C)C(=O)C(=O)N2c2nnc(SCc3ccc(Cl)cc3Cl)s2)cc1OCC. The molecule has 48 heavy (non-hydrogen) atoms. The molecule has 0 spiro atoms. The number of hydrogen-bond acceptors (Lipinski definition) is 10. The average Bonchev–Trinajstić information content (AvgIpc) is 3.75. The van der Waals surface area contributed by atoms with Crippen LogP contribution in [0.2, 0.25) is 10.0 Å². The number of hydrogen-bond donors (Lipinski definition) is 1. The molecule has 4 heterocycles. The topological polar surface area (TPSA) is 119 Å². The van der Waals surface area contributed by atoms with Crippen molar-refractivity contribution in [2.45, 2.75) is 36.9 Å². The fourth-order valence-corrected chi connectivity index (χ4v) is 7.81. The maximum absolute atomic E-state index is 13.9. The van der Waals surface area contributed by atoms with Crippen LogP contribution < -0.4 is 14.4 Å². The normalized spacial score (nSPS) is 15.8. The number of Topliss-reactive ketones (excluding diaryl/α,β-unsaturated/α-hetero) is 1. The zero-order valence-corrected chi connectivity index (χ0v) is 29.2. The Morgan fingerprint density at radius 2 is 1.92 bits per heavy atom. The molecule has 1 atom stereocenters. The van der Waals surface area contributed by atoms with E-state index in [0.29, 0.717) is 55.1 Å². The number of rotatable bonds is 11. The van der Waals surface area contributed by atoms with Gasteiger partial charge in [0.1, 0.15) is 17.9 Å². The second-order valence-corrected chi connectivity index (χ2v) is 13.7. The van der Waals surface area contributed by atoms with Gasteiger partial charge in [0, 0.05) is 22.0 Å². The van der Waals surface area contributed by atoms with Gasteiger partial charge in [-0.3, -0.25) is 14.5 Å². The van der Waals surface area contributed by atoms with E-state index in [4.69, 9.17) is 32.7 Å². The van der Waals surface area contributed by atoms with Crippen molar-refractivity contribution >= 4 is 74.5 Å². The van der Waals surface area contributed by atoms with Crippen LogP contribution in [-0.2, 0) is 15.3 Å². The number of imidazole rings is 1. The smallest absolute Gasteiger partial charge is 0.301 e. The first-order valence-corrected chi connectivity index (χ1v) is 17.3. The molecule has 0 aliphatic carbocycles. The zero-order chi connectivity index (χ0) is 34.1. The van der Waals surface area contributed by atoms with Crippen molar-refractivity contribution in [3.05, 3.63) is 111 Å². The number of anilines is 1. The van der Waals surface area contributed by atoms with Crippen LogP contribution in [-0.4, -0.2) is 49.6 Å². The highest BCUT2D eigenvalue weighted by molar-refractivity contribution is 8.00. The predicted octanol–water partition coefficient (Wildman–Crippen LogP) is 7.99. The van der Waals surface area contributed by atoms with Gasteiger partial charge in [-0.1, -0.05) is 77.2 Å².